The molecule has 1 aromatic heterocycles. The van der Waals surface area contributed by atoms with Crippen LogP contribution >= 0.6 is 23.1 Å². The minimum absolute atomic E-state index is 0.0337. The molecule has 5 rings (SSSR count). The average molecular weight is 675 g/mol. The SMILES string of the molecule is CCC(Sc1cccc(NC(=O)/C(=C\c2ccc(F)cc2)NC(=O)c2ccccc2)c1)C(=O)Nc1scc(-c2ccc(C)cc2)c1C#N. The number of aryl methyl sites for hydroxylation is 1. The molecule has 3 amide bonds. The van der Waals surface area contributed by atoms with Gasteiger partial charge in [-0.05, 0) is 73.0 Å². The number of hydrogen-bond donors (Lipinski definition) is 3. The van der Waals surface area contributed by atoms with Crippen molar-refractivity contribution in [3.8, 4) is 17.2 Å². The lowest BCUT2D eigenvalue weighted by Gasteiger charge is -2.16. The van der Waals surface area contributed by atoms with Crippen LogP contribution in [0.3, 0.4) is 0 Å². The van der Waals surface area contributed by atoms with Gasteiger partial charge in [0.15, 0.2) is 0 Å². The highest BCUT2D eigenvalue weighted by Crippen LogP contribution is 2.36. The summed E-state index contributed by atoms with van der Waals surface area (Å²) < 4.78 is 13.5. The summed E-state index contributed by atoms with van der Waals surface area (Å²) in [6.45, 7) is 3.90. The Kier molecular flexibility index (Phi) is 11.2. The highest BCUT2D eigenvalue weighted by molar-refractivity contribution is 8.00. The van der Waals surface area contributed by atoms with Crippen LogP contribution in [0.25, 0.3) is 17.2 Å². The van der Waals surface area contributed by atoms with Crippen LogP contribution in [0.4, 0.5) is 15.1 Å². The summed E-state index contributed by atoms with van der Waals surface area (Å²) in [5.74, 6) is -1.72. The molecule has 0 spiro atoms. The Morgan fingerprint density at radius 1 is 0.938 bits per heavy atom. The molecule has 1 atom stereocenters. The van der Waals surface area contributed by atoms with Gasteiger partial charge in [0, 0.05) is 27.1 Å². The van der Waals surface area contributed by atoms with Gasteiger partial charge < -0.3 is 16.0 Å². The summed E-state index contributed by atoms with van der Waals surface area (Å²) in [6, 6.07) is 31.2. The summed E-state index contributed by atoms with van der Waals surface area (Å²) in [5.41, 5.74) is 4.52. The van der Waals surface area contributed by atoms with Crippen LogP contribution in [0, 0.1) is 24.1 Å². The number of nitrogens with one attached hydrogen (secondary N) is 3. The fourth-order valence-corrected chi connectivity index (χ4v) is 6.63. The Hall–Kier alpha value is -5.50. The van der Waals surface area contributed by atoms with Gasteiger partial charge in [-0.15, -0.1) is 23.1 Å². The van der Waals surface area contributed by atoms with E-state index in [1.54, 1.807) is 48.5 Å². The summed E-state index contributed by atoms with van der Waals surface area (Å²) in [7, 11) is 0. The second kappa shape index (κ2) is 15.9. The second-order valence-corrected chi connectivity index (χ2v) is 12.9. The van der Waals surface area contributed by atoms with Gasteiger partial charge in [0.2, 0.25) is 5.91 Å². The van der Waals surface area contributed by atoms with Crippen LogP contribution in [0.15, 0.2) is 119 Å². The minimum Gasteiger partial charge on any atom is -0.321 e. The molecule has 10 heteroatoms. The zero-order valence-corrected chi connectivity index (χ0v) is 27.8. The molecule has 0 aliphatic heterocycles. The normalized spacial score (nSPS) is 11.7. The molecule has 5 aromatic rings. The first-order valence-corrected chi connectivity index (χ1v) is 16.8. The van der Waals surface area contributed by atoms with Gasteiger partial charge in [-0.25, -0.2) is 4.39 Å². The van der Waals surface area contributed by atoms with E-state index in [1.807, 2.05) is 49.6 Å². The molecule has 0 saturated heterocycles. The quantitative estimate of drug-likeness (QED) is 0.0960. The van der Waals surface area contributed by atoms with Crippen LogP contribution < -0.4 is 16.0 Å². The molecule has 1 unspecified atom stereocenters. The fraction of sp³-hybridized carbons (Fsp3) is 0.105. The van der Waals surface area contributed by atoms with Crippen molar-refractivity contribution in [3.63, 3.8) is 0 Å². The van der Waals surface area contributed by atoms with Crippen molar-refractivity contribution in [2.24, 2.45) is 0 Å². The monoisotopic (exact) mass is 674 g/mol. The molecule has 4 aromatic carbocycles. The van der Waals surface area contributed by atoms with Gasteiger partial charge in [-0.2, -0.15) is 5.26 Å². The van der Waals surface area contributed by atoms with Gasteiger partial charge in [-0.3, -0.25) is 14.4 Å². The van der Waals surface area contributed by atoms with Crippen molar-refractivity contribution in [2.45, 2.75) is 30.4 Å². The Morgan fingerprint density at radius 2 is 1.67 bits per heavy atom. The number of carbonyl (C=O) groups is 3. The maximum Gasteiger partial charge on any atom is 0.272 e. The van der Waals surface area contributed by atoms with E-state index in [-0.39, 0.29) is 11.6 Å². The molecule has 240 valence electrons. The van der Waals surface area contributed by atoms with Crippen molar-refractivity contribution in [3.05, 3.63) is 142 Å². The van der Waals surface area contributed by atoms with Crippen molar-refractivity contribution in [1.29, 1.82) is 5.26 Å². The van der Waals surface area contributed by atoms with Crippen LogP contribution in [0.5, 0.6) is 0 Å². The third-order valence-electron chi connectivity index (χ3n) is 7.25. The molecule has 0 saturated carbocycles. The summed E-state index contributed by atoms with van der Waals surface area (Å²) in [6.07, 6.45) is 1.98. The van der Waals surface area contributed by atoms with Crippen LogP contribution in [-0.2, 0) is 9.59 Å². The standard InChI is InChI=1S/C38H31FN4O3S2/c1-3-34(37(46)43-38-31(22-40)32(23-47-38)26-16-12-24(2)13-17-26)48-30-11-7-10-29(21-30)41-36(45)33(20-25-14-18-28(39)19-15-25)42-35(44)27-8-5-4-6-9-27/h4-21,23,34H,3H2,1-2H3,(H,41,45)(H,42,44)(H,43,46)/b33-20+. The zero-order valence-electron chi connectivity index (χ0n) is 26.1. The number of carbonyl (C=O) groups excluding carboxylic acids is 3. The van der Waals surface area contributed by atoms with E-state index in [2.05, 4.69) is 22.0 Å². The van der Waals surface area contributed by atoms with E-state index in [1.165, 1.54) is 53.4 Å². The van der Waals surface area contributed by atoms with E-state index in [0.717, 1.165) is 21.6 Å². The highest BCUT2D eigenvalue weighted by Gasteiger charge is 2.22. The molecule has 0 fully saturated rings. The maximum atomic E-state index is 13.5. The molecule has 48 heavy (non-hydrogen) atoms. The summed E-state index contributed by atoms with van der Waals surface area (Å²) in [5, 5.41) is 20.2. The van der Waals surface area contributed by atoms with Gasteiger partial charge in [0.05, 0.1) is 10.8 Å². The topological polar surface area (TPSA) is 111 Å². The maximum absolute atomic E-state index is 13.5. The second-order valence-electron chi connectivity index (χ2n) is 10.7. The van der Waals surface area contributed by atoms with Crippen molar-refractivity contribution in [1.82, 2.24) is 5.32 Å². The number of amides is 3. The Labute approximate surface area is 286 Å². The first kappa shape index (κ1) is 33.9. The Balaban J connectivity index is 1.30. The fourth-order valence-electron chi connectivity index (χ4n) is 4.70. The van der Waals surface area contributed by atoms with Crippen molar-refractivity contribution in [2.75, 3.05) is 10.6 Å². The van der Waals surface area contributed by atoms with Crippen molar-refractivity contribution < 1.29 is 18.8 Å². The molecule has 0 aliphatic carbocycles. The number of hydrogen-bond acceptors (Lipinski definition) is 6. The molecule has 0 aliphatic rings. The molecule has 3 N–H and O–H groups in total. The van der Waals surface area contributed by atoms with Crippen molar-refractivity contribution >= 4 is 57.6 Å². The van der Waals surface area contributed by atoms with E-state index in [9.17, 15) is 24.0 Å². The smallest absolute Gasteiger partial charge is 0.272 e. The third-order valence-corrected chi connectivity index (χ3v) is 9.50. The van der Waals surface area contributed by atoms with Gasteiger partial charge in [-0.1, -0.05) is 73.2 Å². The number of nitriles is 1. The highest BCUT2D eigenvalue weighted by atomic mass is 32.2. The van der Waals surface area contributed by atoms with Crippen LogP contribution in [0.1, 0.15) is 40.4 Å². The predicted molar refractivity (Wildman–Crippen MR) is 191 cm³/mol. The number of rotatable bonds is 11. The lowest BCUT2D eigenvalue weighted by molar-refractivity contribution is -0.116. The van der Waals surface area contributed by atoms with Gasteiger partial charge in [0.25, 0.3) is 11.8 Å². The van der Waals surface area contributed by atoms with E-state index < -0.39 is 22.9 Å². The van der Waals surface area contributed by atoms with Gasteiger partial charge in [0.1, 0.15) is 22.6 Å². The number of anilines is 2. The number of nitrogens with zero attached hydrogens (tertiary/aromatic N) is 1. The molecular weight excluding hydrogens is 644 g/mol. The van der Waals surface area contributed by atoms with E-state index in [0.29, 0.717) is 33.8 Å². The van der Waals surface area contributed by atoms with Gasteiger partial charge >= 0.3 is 0 Å². The number of thiophene rings is 1. The Morgan fingerprint density at radius 3 is 2.35 bits per heavy atom. The van der Waals surface area contributed by atoms with E-state index in [4.69, 9.17) is 0 Å². The molecule has 0 bridgehead atoms. The Bertz CT molecular complexity index is 2000. The predicted octanol–water partition coefficient (Wildman–Crippen LogP) is 8.65. The lowest BCUT2D eigenvalue weighted by Crippen LogP contribution is -2.30. The van der Waals surface area contributed by atoms with E-state index >= 15 is 0 Å². The largest absolute Gasteiger partial charge is 0.321 e. The summed E-state index contributed by atoms with van der Waals surface area (Å²) in [4.78, 5) is 40.5. The first-order chi connectivity index (χ1) is 23.2. The summed E-state index contributed by atoms with van der Waals surface area (Å²) >= 11 is 2.65. The number of thioether (sulfide) groups is 1. The molecule has 0 radical (unpaired) electrons. The molecular formula is C38H31FN4O3S2. The molecule has 1 heterocycles. The first-order valence-electron chi connectivity index (χ1n) is 15.0. The minimum atomic E-state index is -0.582. The van der Waals surface area contributed by atoms with Crippen LogP contribution in [-0.4, -0.2) is 23.0 Å². The zero-order chi connectivity index (χ0) is 34.0. The third kappa shape index (κ3) is 8.64. The average Bonchev–Trinajstić information content (AvgIpc) is 3.50. The molecule has 7 nitrogen and oxygen atoms in total. The van der Waals surface area contributed by atoms with Crippen LogP contribution in [0.2, 0.25) is 0 Å². The number of halogens is 1. The lowest BCUT2D eigenvalue weighted by atomic mass is 10.0. The number of benzene rings is 4.